The summed E-state index contributed by atoms with van der Waals surface area (Å²) in [6.45, 7) is 2.54. The van der Waals surface area contributed by atoms with Crippen molar-refractivity contribution in [1.29, 1.82) is 0 Å². The lowest BCUT2D eigenvalue weighted by atomic mass is 9.80. The lowest BCUT2D eigenvalue weighted by Crippen LogP contribution is -2.23. The molecule has 0 spiro atoms. The monoisotopic (exact) mass is 353 g/mol. The zero-order valence-corrected chi connectivity index (χ0v) is 14.5. The fourth-order valence-electron chi connectivity index (χ4n) is 3.96. The maximum Gasteiger partial charge on any atom is 0.201 e. The molecule has 26 heavy (non-hydrogen) atoms. The number of ether oxygens (including phenoxy) is 1. The summed E-state index contributed by atoms with van der Waals surface area (Å²) in [5.74, 6) is -1.08. The minimum atomic E-state index is -0.550. The van der Waals surface area contributed by atoms with Crippen molar-refractivity contribution in [2.45, 2.75) is 25.8 Å². The maximum atomic E-state index is 13.0. The number of carbonyl (C=O) groups excluding carboxylic acids is 2. The van der Waals surface area contributed by atoms with Gasteiger partial charge in [0.2, 0.25) is 5.78 Å². The molecule has 4 rings (SSSR count). The summed E-state index contributed by atoms with van der Waals surface area (Å²) in [6.07, 6.45) is 1.74. The Hall–Kier alpha value is -2.86. The molecule has 3 N–H and O–H groups in total. The SMILES string of the molecule is COc1cc2c(c(O)c1[C@@H]1CCCN1)C(=O)c1c(O)cc(C)cc1C2=O. The topological polar surface area (TPSA) is 95.9 Å². The van der Waals surface area contributed by atoms with Gasteiger partial charge in [0, 0.05) is 17.2 Å². The molecule has 1 saturated heterocycles. The molecule has 0 aromatic heterocycles. The Kier molecular flexibility index (Phi) is 3.73. The predicted octanol–water partition coefficient (Wildman–Crippen LogP) is 2.61. The number of benzene rings is 2. The van der Waals surface area contributed by atoms with Crippen molar-refractivity contribution < 1.29 is 24.5 Å². The van der Waals surface area contributed by atoms with Crippen LogP contribution in [0.5, 0.6) is 17.2 Å². The van der Waals surface area contributed by atoms with E-state index in [0.717, 1.165) is 19.4 Å². The van der Waals surface area contributed by atoms with Gasteiger partial charge in [-0.1, -0.05) is 0 Å². The number of phenols is 2. The first kappa shape index (κ1) is 16.6. The molecule has 1 fully saturated rings. The predicted molar refractivity (Wildman–Crippen MR) is 94.3 cm³/mol. The smallest absolute Gasteiger partial charge is 0.201 e. The third-order valence-electron chi connectivity index (χ3n) is 5.14. The van der Waals surface area contributed by atoms with Gasteiger partial charge in [0.1, 0.15) is 17.2 Å². The van der Waals surface area contributed by atoms with Crippen LogP contribution in [0.15, 0.2) is 18.2 Å². The average Bonchev–Trinajstić information content (AvgIpc) is 3.12. The van der Waals surface area contributed by atoms with E-state index in [1.165, 1.54) is 19.2 Å². The third-order valence-corrected chi connectivity index (χ3v) is 5.14. The molecule has 1 atom stereocenters. The van der Waals surface area contributed by atoms with E-state index < -0.39 is 11.6 Å². The normalized spacial score (nSPS) is 18.6. The number of phenolic OH excluding ortho intramolecular Hbond substituents is 2. The highest BCUT2D eigenvalue weighted by molar-refractivity contribution is 6.30. The van der Waals surface area contributed by atoms with Gasteiger partial charge < -0.3 is 20.3 Å². The lowest BCUT2D eigenvalue weighted by Gasteiger charge is -2.24. The first-order valence-corrected chi connectivity index (χ1v) is 8.54. The number of methoxy groups -OCH3 is 1. The average molecular weight is 353 g/mol. The number of fused-ring (bicyclic) bond motifs is 2. The Morgan fingerprint density at radius 2 is 1.81 bits per heavy atom. The zero-order valence-electron chi connectivity index (χ0n) is 14.5. The molecule has 1 heterocycles. The minimum Gasteiger partial charge on any atom is -0.507 e. The highest BCUT2D eigenvalue weighted by Gasteiger charge is 2.38. The number of ketones is 2. The fourth-order valence-corrected chi connectivity index (χ4v) is 3.96. The van der Waals surface area contributed by atoms with Crippen LogP contribution < -0.4 is 10.1 Å². The zero-order chi connectivity index (χ0) is 18.6. The summed E-state index contributed by atoms with van der Waals surface area (Å²) < 4.78 is 5.41. The quantitative estimate of drug-likeness (QED) is 0.655. The van der Waals surface area contributed by atoms with Crippen LogP contribution in [0.2, 0.25) is 0 Å². The molecule has 0 radical (unpaired) electrons. The van der Waals surface area contributed by atoms with Gasteiger partial charge in [-0.3, -0.25) is 9.59 Å². The van der Waals surface area contributed by atoms with Gasteiger partial charge in [0.15, 0.2) is 5.78 Å². The third kappa shape index (κ3) is 2.22. The molecule has 134 valence electrons. The van der Waals surface area contributed by atoms with Crippen molar-refractivity contribution in [3.05, 3.63) is 51.6 Å². The first-order chi connectivity index (χ1) is 12.4. The van der Waals surface area contributed by atoms with Crippen molar-refractivity contribution >= 4 is 11.6 Å². The van der Waals surface area contributed by atoms with Crippen LogP contribution in [-0.2, 0) is 0 Å². The second-order valence-electron chi connectivity index (χ2n) is 6.78. The number of hydrogen-bond acceptors (Lipinski definition) is 6. The number of hydrogen-bond donors (Lipinski definition) is 3. The molecule has 0 unspecified atom stereocenters. The van der Waals surface area contributed by atoms with Gasteiger partial charge in [-0.25, -0.2) is 0 Å². The van der Waals surface area contributed by atoms with Crippen molar-refractivity contribution in [2.75, 3.05) is 13.7 Å². The summed E-state index contributed by atoms with van der Waals surface area (Å²) >= 11 is 0. The van der Waals surface area contributed by atoms with Gasteiger partial charge in [0.25, 0.3) is 0 Å². The second-order valence-corrected chi connectivity index (χ2v) is 6.78. The molecule has 0 amide bonds. The van der Waals surface area contributed by atoms with Crippen LogP contribution in [0.1, 0.15) is 61.9 Å². The van der Waals surface area contributed by atoms with E-state index in [2.05, 4.69) is 5.32 Å². The van der Waals surface area contributed by atoms with Crippen LogP contribution in [0.4, 0.5) is 0 Å². The van der Waals surface area contributed by atoms with Crippen LogP contribution >= 0.6 is 0 Å². The summed E-state index contributed by atoms with van der Waals surface area (Å²) in [5.41, 5.74) is 1.29. The standard InChI is InChI=1S/C20H19NO5/c1-9-6-10-15(13(22)7-9)19(24)16-11(18(10)23)8-14(26-2)17(20(16)25)12-4-3-5-21-12/h6-8,12,21-22,25H,3-5H2,1-2H3/t12-/m0/s1. The van der Waals surface area contributed by atoms with Crippen LogP contribution in [0, 0.1) is 6.92 Å². The van der Waals surface area contributed by atoms with Crippen LogP contribution in [0.25, 0.3) is 0 Å². The Labute approximate surface area is 150 Å². The lowest BCUT2D eigenvalue weighted by molar-refractivity contribution is 0.0973. The number of rotatable bonds is 2. The van der Waals surface area contributed by atoms with Gasteiger partial charge in [-0.2, -0.15) is 0 Å². The first-order valence-electron chi connectivity index (χ1n) is 8.54. The molecule has 0 saturated carbocycles. The Bertz CT molecular complexity index is 957. The Morgan fingerprint density at radius 1 is 1.08 bits per heavy atom. The van der Waals surface area contributed by atoms with E-state index in [1.54, 1.807) is 13.0 Å². The number of carbonyl (C=O) groups is 2. The number of aromatic hydroxyl groups is 2. The molecule has 2 aliphatic rings. The molecule has 1 aliphatic carbocycles. The van der Waals surface area contributed by atoms with E-state index >= 15 is 0 Å². The molecule has 6 nitrogen and oxygen atoms in total. The summed E-state index contributed by atoms with van der Waals surface area (Å²) in [6, 6.07) is 4.39. The van der Waals surface area contributed by atoms with Gasteiger partial charge >= 0.3 is 0 Å². The summed E-state index contributed by atoms with van der Waals surface area (Å²) in [4.78, 5) is 26.0. The highest BCUT2D eigenvalue weighted by atomic mass is 16.5. The summed E-state index contributed by atoms with van der Waals surface area (Å²) in [7, 11) is 1.47. The molecular weight excluding hydrogens is 334 g/mol. The van der Waals surface area contributed by atoms with Crippen molar-refractivity contribution in [3.63, 3.8) is 0 Å². The second kappa shape index (κ2) is 5.85. The maximum absolute atomic E-state index is 13.0. The van der Waals surface area contributed by atoms with Gasteiger partial charge in [0.05, 0.1) is 23.8 Å². The molecule has 1 aliphatic heterocycles. The molecular formula is C20H19NO5. The Balaban J connectivity index is 1.99. The number of nitrogens with one attached hydrogen (secondary N) is 1. The van der Waals surface area contributed by atoms with E-state index in [-0.39, 0.29) is 39.8 Å². The summed E-state index contributed by atoms with van der Waals surface area (Å²) in [5, 5.41) is 24.4. The highest BCUT2D eigenvalue weighted by Crippen LogP contribution is 2.45. The van der Waals surface area contributed by atoms with Crippen molar-refractivity contribution in [1.82, 2.24) is 5.32 Å². The fraction of sp³-hybridized carbons (Fsp3) is 0.300. The molecule has 2 aromatic rings. The van der Waals surface area contributed by atoms with E-state index in [0.29, 0.717) is 16.9 Å². The minimum absolute atomic E-state index is 0.0566. The molecule has 6 heteroatoms. The van der Waals surface area contributed by atoms with Crippen LogP contribution in [-0.4, -0.2) is 35.4 Å². The largest absolute Gasteiger partial charge is 0.507 e. The van der Waals surface area contributed by atoms with Crippen LogP contribution in [0.3, 0.4) is 0 Å². The Morgan fingerprint density at radius 3 is 2.46 bits per heavy atom. The van der Waals surface area contributed by atoms with E-state index in [1.807, 2.05) is 0 Å². The van der Waals surface area contributed by atoms with E-state index in [4.69, 9.17) is 4.74 Å². The van der Waals surface area contributed by atoms with Crippen molar-refractivity contribution in [2.24, 2.45) is 0 Å². The number of aryl methyl sites for hydroxylation is 1. The van der Waals surface area contributed by atoms with Gasteiger partial charge in [-0.15, -0.1) is 0 Å². The molecule has 2 aromatic carbocycles. The van der Waals surface area contributed by atoms with E-state index in [9.17, 15) is 19.8 Å². The molecule has 0 bridgehead atoms. The van der Waals surface area contributed by atoms with Gasteiger partial charge in [-0.05, 0) is 50.1 Å². The van der Waals surface area contributed by atoms with Crippen molar-refractivity contribution in [3.8, 4) is 17.2 Å².